The Morgan fingerprint density at radius 1 is 0.792 bits per heavy atom. The summed E-state index contributed by atoms with van der Waals surface area (Å²) in [5, 5.41) is 0.00357. The van der Waals surface area contributed by atoms with Gasteiger partial charge in [-0.2, -0.15) is 0 Å². The molecule has 0 saturated carbocycles. The van der Waals surface area contributed by atoms with E-state index in [0.717, 1.165) is 25.7 Å². The van der Waals surface area contributed by atoms with E-state index in [1.165, 1.54) is 11.1 Å². The molecule has 2 nitrogen and oxygen atoms in total. The monoisotopic (exact) mass is 366 g/mol. The quantitative estimate of drug-likeness (QED) is 0.596. The minimum absolute atomic E-state index is 0.0393. The second kappa shape index (κ2) is 7.44. The summed E-state index contributed by atoms with van der Waals surface area (Å²) >= 11 is 0. The molecule has 0 amide bonds. The van der Waals surface area contributed by atoms with Gasteiger partial charge in [-0.05, 0) is 73.1 Å². The molecule has 0 bridgehead atoms. The van der Waals surface area contributed by atoms with E-state index in [2.05, 4.69) is 52.0 Å². The standard InChI is InChI=1S/C20H38O2Si2/c1-19(2,23(5,6)21)15-11-14-17-12-9-10-13-18(17)16-20(3,4)24(7,8)22/h9-10,12-13,21-22H,11,14-16H2,1-8H3. The Morgan fingerprint density at radius 2 is 1.25 bits per heavy atom. The summed E-state index contributed by atoms with van der Waals surface area (Å²) in [5.41, 5.74) is 2.77. The van der Waals surface area contributed by atoms with Crippen LogP contribution in [-0.2, 0) is 12.8 Å². The second-order valence-electron chi connectivity index (χ2n) is 9.68. The Hall–Kier alpha value is -0.426. The number of hydrogen-bond donors (Lipinski definition) is 2. The third kappa shape index (κ3) is 5.55. The van der Waals surface area contributed by atoms with E-state index in [0.29, 0.717) is 0 Å². The molecule has 1 rings (SSSR count). The zero-order valence-electron chi connectivity index (χ0n) is 17.0. The van der Waals surface area contributed by atoms with E-state index in [1.54, 1.807) is 0 Å². The Kier molecular flexibility index (Phi) is 6.70. The summed E-state index contributed by atoms with van der Waals surface area (Å²) < 4.78 is 0. The van der Waals surface area contributed by atoms with E-state index < -0.39 is 16.6 Å². The topological polar surface area (TPSA) is 40.5 Å². The van der Waals surface area contributed by atoms with Crippen molar-refractivity contribution in [3.05, 3.63) is 35.4 Å². The highest BCUT2D eigenvalue weighted by Crippen LogP contribution is 2.41. The maximum absolute atomic E-state index is 10.6. The first-order chi connectivity index (χ1) is 10.7. The van der Waals surface area contributed by atoms with E-state index in [9.17, 15) is 9.59 Å². The van der Waals surface area contributed by atoms with Crippen molar-refractivity contribution in [2.45, 2.75) is 89.6 Å². The van der Waals surface area contributed by atoms with E-state index >= 15 is 0 Å². The lowest BCUT2D eigenvalue weighted by Gasteiger charge is -2.36. The molecule has 4 heteroatoms. The van der Waals surface area contributed by atoms with Crippen LogP contribution in [0.15, 0.2) is 24.3 Å². The van der Waals surface area contributed by atoms with Crippen molar-refractivity contribution in [2.75, 3.05) is 0 Å². The van der Waals surface area contributed by atoms with Gasteiger partial charge in [0.25, 0.3) is 0 Å². The van der Waals surface area contributed by atoms with Crippen LogP contribution < -0.4 is 0 Å². The molecular formula is C20H38O2Si2. The van der Waals surface area contributed by atoms with Crippen LogP contribution in [-0.4, -0.2) is 26.2 Å². The normalized spacial score (nSPS) is 14.1. The Balaban J connectivity index is 2.82. The van der Waals surface area contributed by atoms with Crippen molar-refractivity contribution in [3.63, 3.8) is 0 Å². The van der Waals surface area contributed by atoms with Gasteiger partial charge in [0.15, 0.2) is 16.6 Å². The van der Waals surface area contributed by atoms with Gasteiger partial charge in [0.2, 0.25) is 0 Å². The van der Waals surface area contributed by atoms with Crippen LogP contribution in [0.3, 0.4) is 0 Å². The summed E-state index contributed by atoms with van der Waals surface area (Å²) in [6.07, 6.45) is 4.14. The first-order valence-electron chi connectivity index (χ1n) is 9.19. The highest BCUT2D eigenvalue weighted by atomic mass is 28.4. The fraction of sp³-hybridized carbons (Fsp3) is 0.700. The Labute approximate surface area is 151 Å². The molecule has 24 heavy (non-hydrogen) atoms. The lowest BCUT2D eigenvalue weighted by molar-refractivity contribution is 0.442. The molecule has 0 aliphatic heterocycles. The predicted molar refractivity (Wildman–Crippen MR) is 111 cm³/mol. The van der Waals surface area contributed by atoms with Crippen LogP contribution in [0.1, 0.15) is 51.7 Å². The van der Waals surface area contributed by atoms with E-state index in [-0.39, 0.29) is 10.1 Å². The summed E-state index contributed by atoms with van der Waals surface area (Å²) in [4.78, 5) is 21.0. The molecular weight excluding hydrogens is 328 g/mol. The Bertz CT molecular complexity index is 537. The maximum Gasteiger partial charge on any atom is 0.188 e. The number of rotatable bonds is 8. The molecule has 0 unspecified atom stereocenters. The molecule has 0 aromatic heterocycles. The number of hydrogen-bond acceptors (Lipinski definition) is 2. The summed E-state index contributed by atoms with van der Waals surface area (Å²) in [6.45, 7) is 16.9. The minimum atomic E-state index is -2.20. The average molecular weight is 367 g/mol. The maximum atomic E-state index is 10.6. The van der Waals surface area contributed by atoms with Gasteiger partial charge in [0, 0.05) is 0 Å². The van der Waals surface area contributed by atoms with Crippen LogP contribution in [0, 0.1) is 0 Å². The fourth-order valence-electron chi connectivity index (χ4n) is 2.69. The van der Waals surface area contributed by atoms with Crippen molar-refractivity contribution in [3.8, 4) is 0 Å². The van der Waals surface area contributed by atoms with Crippen molar-refractivity contribution >= 4 is 16.6 Å². The average Bonchev–Trinajstić information content (AvgIpc) is 2.37. The zero-order valence-corrected chi connectivity index (χ0v) is 19.0. The van der Waals surface area contributed by atoms with Crippen molar-refractivity contribution in [2.24, 2.45) is 0 Å². The van der Waals surface area contributed by atoms with Crippen molar-refractivity contribution < 1.29 is 9.59 Å². The first-order valence-corrected chi connectivity index (χ1v) is 15.1. The minimum Gasteiger partial charge on any atom is -0.432 e. The molecule has 1 aromatic rings. The smallest absolute Gasteiger partial charge is 0.188 e. The second-order valence-corrected chi connectivity index (χ2v) is 18.6. The van der Waals surface area contributed by atoms with Gasteiger partial charge in [-0.3, -0.25) is 0 Å². The van der Waals surface area contributed by atoms with Gasteiger partial charge in [-0.15, -0.1) is 0 Å². The summed E-state index contributed by atoms with van der Waals surface area (Å²) in [5.74, 6) is 0. The van der Waals surface area contributed by atoms with Crippen LogP contribution >= 0.6 is 0 Å². The molecule has 0 aliphatic carbocycles. The molecule has 0 atom stereocenters. The highest BCUT2D eigenvalue weighted by molar-refractivity contribution is 6.73. The van der Waals surface area contributed by atoms with Crippen molar-refractivity contribution in [1.82, 2.24) is 0 Å². The summed E-state index contributed by atoms with van der Waals surface area (Å²) in [6, 6.07) is 8.66. The van der Waals surface area contributed by atoms with Gasteiger partial charge in [0.1, 0.15) is 0 Å². The molecule has 0 spiro atoms. The number of benzene rings is 1. The predicted octanol–water partition coefficient (Wildman–Crippen LogP) is 5.51. The number of aryl methyl sites for hydroxylation is 1. The van der Waals surface area contributed by atoms with Crippen LogP contribution in [0.5, 0.6) is 0 Å². The van der Waals surface area contributed by atoms with Gasteiger partial charge in [-0.1, -0.05) is 52.0 Å². The van der Waals surface area contributed by atoms with Gasteiger partial charge < -0.3 is 9.59 Å². The lowest BCUT2D eigenvalue weighted by atomic mass is 9.93. The largest absolute Gasteiger partial charge is 0.432 e. The third-order valence-corrected chi connectivity index (χ3v) is 13.4. The molecule has 0 radical (unpaired) electrons. The SMILES string of the molecule is CC(C)(CCCc1ccccc1CC(C)(C)[Si](C)(C)O)[Si](C)(C)O. The molecule has 0 heterocycles. The Morgan fingerprint density at radius 3 is 1.71 bits per heavy atom. The fourth-order valence-corrected chi connectivity index (χ4v) is 4.10. The van der Waals surface area contributed by atoms with E-state index in [1.807, 2.05) is 26.2 Å². The third-order valence-electron chi connectivity index (χ3n) is 6.31. The van der Waals surface area contributed by atoms with Crippen LogP contribution in [0.2, 0.25) is 36.3 Å². The van der Waals surface area contributed by atoms with Gasteiger partial charge in [-0.25, -0.2) is 0 Å². The molecule has 0 fully saturated rings. The van der Waals surface area contributed by atoms with Crippen LogP contribution in [0.25, 0.3) is 0 Å². The lowest BCUT2D eigenvalue weighted by Crippen LogP contribution is -2.40. The first kappa shape index (κ1) is 21.6. The molecule has 0 saturated heterocycles. The molecule has 0 aliphatic rings. The summed E-state index contributed by atoms with van der Waals surface area (Å²) in [7, 11) is -4.33. The van der Waals surface area contributed by atoms with E-state index in [4.69, 9.17) is 0 Å². The highest BCUT2D eigenvalue weighted by Gasteiger charge is 2.39. The zero-order chi connectivity index (χ0) is 18.8. The van der Waals surface area contributed by atoms with Crippen LogP contribution in [0.4, 0.5) is 0 Å². The van der Waals surface area contributed by atoms with Gasteiger partial charge >= 0.3 is 0 Å². The molecule has 1 aromatic carbocycles. The molecule has 2 N–H and O–H groups in total. The molecule has 138 valence electrons. The van der Waals surface area contributed by atoms with Crippen molar-refractivity contribution in [1.29, 1.82) is 0 Å². The van der Waals surface area contributed by atoms with Gasteiger partial charge in [0.05, 0.1) is 0 Å².